The van der Waals surface area contributed by atoms with Crippen molar-refractivity contribution in [3.05, 3.63) is 41.5 Å². The van der Waals surface area contributed by atoms with Gasteiger partial charge in [0.1, 0.15) is 5.75 Å². The lowest BCUT2D eigenvalue weighted by molar-refractivity contribution is 0.468. The highest BCUT2D eigenvalue weighted by Crippen LogP contribution is 2.35. The molecule has 0 aliphatic heterocycles. The van der Waals surface area contributed by atoms with Gasteiger partial charge in [-0.25, -0.2) is 0 Å². The molecule has 0 bridgehead atoms. The molecule has 0 saturated carbocycles. The normalized spacial score (nSPS) is 10.1. The van der Waals surface area contributed by atoms with Crippen LogP contribution in [-0.4, -0.2) is 5.11 Å². The van der Waals surface area contributed by atoms with Crippen molar-refractivity contribution in [2.24, 2.45) is 0 Å². The van der Waals surface area contributed by atoms with E-state index >= 15 is 0 Å². The van der Waals surface area contributed by atoms with Crippen molar-refractivity contribution in [1.82, 2.24) is 0 Å². The number of hydrogen-bond donors (Lipinski definition) is 1. The van der Waals surface area contributed by atoms with E-state index in [2.05, 4.69) is 19.2 Å². The molecule has 0 atom stereocenters. The zero-order valence-electron chi connectivity index (χ0n) is 9.94. The predicted molar refractivity (Wildman–Crippen MR) is 67.0 cm³/mol. The van der Waals surface area contributed by atoms with Crippen molar-refractivity contribution in [2.75, 3.05) is 0 Å². The molecule has 0 fully saturated rings. The predicted octanol–water partition coefficient (Wildman–Crippen LogP) is 4.08. The summed E-state index contributed by atoms with van der Waals surface area (Å²) in [5, 5.41) is 10.1. The molecule has 0 unspecified atom stereocenters. The molecule has 0 saturated heterocycles. The van der Waals surface area contributed by atoms with Crippen LogP contribution < -0.4 is 0 Å². The molecule has 0 aliphatic carbocycles. The minimum absolute atomic E-state index is 0.334. The maximum atomic E-state index is 10.1. The largest absolute Gasteiger partial charge is 0.507 e. The first-order valence-electron chi connectivity index (χ1n) is 5.01. The number of phenols is 1. The molecule has 1 aromatic rings. The van der Waals surface area contributed by atoms with Gasteiger partial charge in [-0.05, 0) is 50.0 Å². The summed E-state index contributed by atoms with van der Waals surface area (Å²) in [7, 11) is 0. The number of allylic oxidation sites excluding steroid dienone is 2. The quantitative estimate of drug-likeness (QED) is 0.766. The van der Waals surface area contributed by atoms with E-state index in [1.807, 2.05) is 27.7 Å². The van der Waals surface area contributed by atoms with Gasteiger partial charge in [-0.2, -0.15) is 0 Å². The van der Waals surface area contributed by atoms with Crippen LogP contribution in [0.3, 0.4) is 0 Å². The molecule has 0 radical (unpaired) electrons. The molecule has 0 heterocycles. The minimum atomic E-state index is 0.334. The second-order valence-corrected chi connectivity index (χ2v) is 4.15. The third kappa shape index (κ3) is 1.96. The van der Waals surface area contributed by atoms with Gasteiger partial charge in [0.2, 0.25) is 0 Å². The van der Waals surface area contributed by atoms with Crippen LogP contribution in [0.15, 0.2) is 19.2 Å². The van der Waals surface area contributed by atoms with Crippen LogP contribution >= 0.6 is 0 Å². The molecule has 1 rings (SSSR count). The van der Waals surface area contributed by atoms with Gasteiger partial charge < -0.3 is 5.11 Å². The third-order valence-corrected chi connectivity index (χ3v) is 2.70. The molecular weight excluding hydrogens is 184 g/mol. The number of aryl methyl sites for hydroxylation is 1. The fourth-order valence-electron chi connectivity index (χ4n) is 1.67. The highest BCUT2D eigenvalue weighted by atomic mass is 16.3. The van der Waals surface area contributed by atoms with Crippen molar-refractivity contribution in [3.63, 3.8) is 0 Å². The van der Waals surface area contributed by atoms with E-state index in [9.17, 15) is 5.11 Å². The van der Waals surface area contributed by atoms with Gasteiger partial charge in [-0.1, -0.05) is 24.8 Å². The number of aromatic hydroxyl groups is 1. The van der Waals surface area contributed by atoms with E-state index in [1.165, 1.54) is 0 Å². The average molecular weight is 202 g/mol. The van der Waals surface area contributed by atoms with E-state index in [1.54, 1.807) is 0 Å². The number of benzene rings is 1. The first-order valence-corrected chi connectivity index (χ1v) is 5.01. The highest BCUT2D eigenvalue weighted by molar-refractivity contribution is 5.81. The van der Waals surface area contributed by atoms with Crippen molar-refractivity contribution in [3.8, 4) is 5.75 Å². The second kappa shape index (κ2) is 3.93. The van der Waals surface area contributed by atoms with Crippen molar-refractivity contribution >= 4 is 11.1 Å². The summed E-state index contributed by atoms with van der Waals surface area (Å²) in [6, 6.07) is 2.06. The summed E-state index contributed by atoms with van der Waals surface area (Å²) in [5.74, 6) is 0.334. The summed E-state index contributed by atoms with van der Waals surface area (Å²) in [6.07, 6.45) is 0. The van der Waals surface area contributed by atoms with Gasteiger partial charge in [-0.15, -0.1) is 0 Å². The summed E-state index contributed by atoms with van der Waals surface area (Å²) in [6.45, 7) is 15.6. The maximum absolute atomic E-state index is 10.1. The Morgan fingerprint density at radius 3 is 2.07 bits per heavy atom. The Kier molecular flexibility index (Phi) is 3.04. The smallest absolute Gasteiger partial charge is 0.126 e. The summed E-state index contributed by atoms with van der Waals surface area (Å²) in [5.41, 5.74) is 5.63. The molecule has 1 heteroatoms. The number of hydrogen-bond acceptors (Lipinski definition) is 1. The Labute approximate surface area is 91.8 Å². The molecule has 15 heavy (non-hydrogen) atoms. The molecule has 1 aromatic carbocycles. The van der Waals surface area contributed by atoms with Crippen molar-refractivity contribution in [1.29, 1.82) is 0 Å². The molecule has 1 nitrogen and oxygen atoms in total. The van der Waals surface area contributed by atoms with E-state index in [0.717, 1.165) is 33.4 Å². The van der Waals surface area contributed by atoms with Gasteiger partial charge in [0.25, 0.3) is 0 Å². The van der Waals surface area contributed by atoms with Gasteiger partial charge in [0.05, 0.1) is 0 Å². The lowest BCUT2D eigenvalue weighted by atomic mass is 9.91. The SMILES string of the molecule is C=C(C)c1cc(C)c(C)c(O)c1C(=C)C. The zero-order chi connectivity index (χ0) is 11.7. The van der Waals surface area contributed by atoms with Crippen LogP contribution in [0.2, 0.25) is 0 Å². The average Bonchev–Trinajstić information content (AvgIpc) is 2.12. The Bertz CT molecular complexity index is 439. The first-order chi connectivity index (χ1) is 6.86. The third-order valence-electron chi connectivity index (χ3n) is 2.70. The van der Waals surface area contributed by atoms with E-state index in [0.29, 0.717) is 5.75 Å². The molecule has 1 N–H and O–H groups in total. The molecule has 0 aromatic heterocycles. The Morgan fingerprint density at radius 1 is 1.13 bits per heavy atom. The monoisotopic (exact) mass is 202 g/mol. The van der Waals surface area contributed by atoms with E-state index in [-0.39, 0.29) is 0 Å². The lowest BCUT2D eigenvalue weighted by Crippen LogP contribution is -1.94. The number of phenolic OH excluding ortho intramolecular Hbond substituents is 1. The van der Waals surface area contributed by atoms with Crippen LogP contribution in [0, 0.1) is 13.8 Å². The molecule has 80 valence electrons. The Balaban J connectivity index is 3.65. The van der Waals surface area contributed by atoms with Crippen LogP contribution in [0.25, 0.3) is 11.1 Å². The summed E-state index contributed by atoms with van der Waals surface area (Å²) in [4.78, 5) is 0. The highest BCUT2D eigenvalue weighted by Gasteiger charge is 2.13. The van der Waals surface area contributed by atoms with Gasteiger partial charge in [0.15, 0.2) is 0 Å². The summed E-state index contributed by atoms with van der Waals surface area (Å²) < 4.78 is 0. The molecule has 0 amide bonds. The van der Waals surface area contributed by atoms with Gasteiger partial charge in [0, 0.05) is 5.56 Å². The van der Waals surface area contributed by atoms with E-state index < -0.39 is 0 Å². The fourth-order valence-corrected chi connectivity index (χ4v) is 1.67. The molecule has 0 spiro atoms. The molecular formula is C14H18O. The Hall–Kier alpha value is -1.50. The lowest BCUT2D eigenvalue weighted by Gasteiger charge is -2.15. The van der Waals surface area contributed by atoms with Crippen LogP contribution in [0.1, 0.15) is 36.1 Å². The van der Waals surface area contributed by atoms with Crippen molar-refractivity contribution < 1.29 is 5.11 Å². The standard InChI is InChI=1S/C14H18O/c1-8(2)12-7-10(5)11(6)14(15)13(12)9(3)4/h7,15H,1,3H2,2,4-6H3. The molecule has 0 aliphatic rings. The van der Waals surface area contributed by atoms with E-state index in [4.69, 9.17) is 0 Å². The Morgan fingerprint density at radius 2 is 1.67 bits per heavy atom. The van der Waals surface area contributed by atoms with Crippen molar-refractivity contribution in [2.45, 2.75) is 27.7 Å². The topological polar surface area (TPSA) is 20.2 Å². The van der Waals surface area contributed by atoms with Crippen LogP contribution in [0.5, 0.6) is 5.75 Å². The maximum Gasteiger partial charge on any atom is 0.126 e. The fraction of sp³-hybridized carbons (Fsp3) is 0.286. The van der Waals surface area contributed by atoms with Crippen LogP contribution in [-0.2, 0) is 0 Å². The zero-order valence-corrected chi connectivity index (χ0v) is 9.94. The van der Waals surface area contributed by atoms with Gasteiger partial charge in [-0.3, -0.25) is 0 Å². The van der Waals surface area contributed by atoms with Gasteiger partial charge >= 0.3 is 0 Å². The number of rotatable bonds is 2. The second-order valence-electron chi connectivity index (χ2n) is 4.15. The van der Waals surface area contributed by atoms with Crippen LogP contribution in [0.4, 0.5) is 0 Å². The minimum Gasteiger partial charge on any atom is -0.507 e. The first kappa shape index (κ1) is 11.6. The summed E-state index contributed by atoms with van der Waals surface area (Å²) >= 11 is 0.